The number of nitrogens with zero attached hydrogens (tertiary/aromatic N) is 4. The zero-order valence-electron chi connectivity index (χ0n) is 13.1. The molecule has 0 saturated carbocycles. The number of aromatic nitrogens is 2. The van der Waals surface area contributed by atoms with Crippen molar-refractivity contribution in [3.8, 4) is 0 Å². The van der Waals surface area contributed by atoms with E-state index in [1.54, 1.807) is 11.7 Å². The van der Waals surface area contributed by atoms with Crippen LogP contribution in [0.5, 0.6) is 0 Å². The Morgan fingerprint density at radius 2 is 2.24 bits per heavy atom. The van der Waals surface area contributed by atoms with Crippen molar-refractivity contribution >= 4 is 11.5 Å². The van der Waals surface area contributed by atoms with Crippen LogP contribution in [0, 0.1) is 10.1 Å². The molecule has 7 nitrogen and oxygen atoms in total. The molecule has 0 aromatic carbocycles. The molecule has 0 spiro atoms. The van der Waals surface area contributed by atoms with Gasteiger partial charge in [0, 0.05) is 20.1 Å². The maximum Gasteiger partial charge on any atom is 0.334 e. The van der Waals surface area contributed by atoms with Crippen molar-refractivity contribution in [2.75, 3.05) is 25.0 Å². The first kappa shape index (κ1) is 15.8. The second-order valence-corrected chi connectivity index (χ2v) is 5.70. The van der Waals surface area contributed by atoms with Gasteiger partial charge in [0.1, 0.15) is 5.69 Å². The zero-order chi connectivity index (χ0) is 15.4. The lowest BCUT2D eigenvalue weighted by Crippen LogP contribution is -2.34. The summed E-state index contributed by atoms with van der Waals surface area (Å²) in [6, 6.07) is 0.323. The molecule has 1 unspecified atom stereocenters. The molecule has 21 heavy (non-hydrogen) atoms. The summed E-state index contributed by atoms with van der Waals surface area (Å²) in [6.45, 7) is 4.00. The van der Waals surface area contributed by atoms with Crippen LogP contribution < -0.4 is 10.2 Å². The average molecular weight is 295 g/mol. The first-order chi connectivity index (χ1) is 10.1. The summed E-state index contributed by atoms with van der Waals surface area (Å²) in [5, 5.41) is 19.3. The Labute approximate surface area is 125 Å². The van der Waals surface area contributed by atoms with Gasteiger partial charge in [0.2, 0.25) is 5.82 Å². The molecule has 7 heteroatoms. The molecule has 2 heterocycles. The molecule has 2 rings (SSSR count). The molecule has 0 amide bonds. The van der Waals surface area contributed by atoms with Crippen molar-refractivity contribution < 1.29 is 4.92 Å². The fourth-order valence-corrected chi connectivity index (χ4v) is 3.11. The summed E-state index contributed by atoms with van der Waals surface area (Å²) in [5.74, 6) is 0.635. The summed E-state index contributed by atoms with van der Waals surface area (Å²) in [6.07, 6.45) is 4.65. The largest absolute Gasteiger partial charge is 0.351 e. The third kappa shape index (κ3) is 3.34. The molecule has 1 N–H and O–H groups in total. The predicted molar refractivity (Wildman–Crippen MR) is 82.8 cm³/mol. The Hall–Kier alpha value is -1.63. The minimum absolute atomic E-state index is 0.180. The normalized spacial score (nSPS) is 19.3. The molecule has 0 aliphatic carbocycles. The van der Waals surface area contributed by atoms with E-state index in [0.29, 0.717) is 24.0 Å². The fraction of sp³-hybridized carbons (Fsp3) is 0.786. The fourth-order valence-electron chi connectivity index (χ4n) is 3.11. The number of hydrogen-bond acceptors (Lipinski definition) is 5. The Morgan fingerprint density at radius 3 is 2.90 bits per heavy atom. The summed E-state index contributed by atoms with van der Waals surface area (Å²) in [7, 11) is 3.75. The van der Waals surface area contributed by atoms with Gasteiger partial charge in [-0.15, -0.1) is 0 Å². The lowest BCUT2D eigenvalue weighted by atomic mass is 10.1. The van der Waals surface area contributed by atoms with Gasteiger partial charge >= 0.3 is 5.69 Å². The first-order valence-corrected chi connectivity index (χ1v) is 7.70. The number of nitrogens with one attached hydrogen (secondary N) is 1. The topological polar surface area (TPSA) is 76.2 Å². The van der Waals surface area contributed by atoms with Gasteiger partial charge in [-0.1, -0.05) is 13.3 Å². The summed E-state index contributed by atoms with van der Waals surface area (Å²) in [4.78, 5) is 13.3. The average Bonchev–Trinajstić information content (AvgIpc) is 2.64. The number of aryl methyl sites for hydroxylation is 2. The molecule has 1 fully saturated rings. The van der Waals surface area contributed by atoms with Crippen LogP contribution in [0.15, 0.2) is 0 Å². The maximum absolute atomic E-state index is 11.5. The highest BCUT2D eigenvalue weighted by Gasteiger charge is 2.31. The number of nitro groups is 1. The number of hydrogen-bond donors (Lipinski definition) is 1. The first-order valence-electron chi connectivity index (χ1n) is 7.70. The molecule has 1 atom stereocenters. The Morgan fingerprint density at radius 1 is 1.48 bits per heavy atom. The Balaban J connectivity index is 2.34. The number of rotatable bonds is 5. The Kier molecular flexibility index (Phi) is 5.17. The maximum atomic E-state index is 11.5. The van der Waals surface area contributed by atoms with E-state index in [-0.39, 0.29) is 10.6 Å². The highest BCUT2D eigenvalue weighted by Crippen LogP contribution is 2.33. The summed E-state index contributed by atoms with van der Waals surface area (Å²) in [5.41, 5.74) is 0.776. The standard InChI is InChI=1S/C14H25N5O2/c1-4-6-12-13(19(20)21)14(18(3)16-12)17(2)11-7-5-9-15-10-8-11/h11,15H,4-10H2,1-3H3. The van der Waals surface area contributed by atoms with E-state index >= 15 is 0 Å². The van der Waals surface area contributed by atoms with E-state index in [2.05, 4.69) is 15.3 Å². The minimum atomic E-state index is -0.279. The van der Waals surface area contributed by atoms with Crippen molar-refractivity contribution in [2.24, 2.45) is 7.05 Å². The SMILES string of the molecule is CCCc1nn(C)c(N(C)C2CCCNCC2)c1[N+](=O)[O-]. The van der Waals surface area contributed by atoms with E-state index in [9.17, 15) is 10.1 Å². The van der Waals surface area contributed by atoms with Gasteiger partial charge in [-0.05, 0) is 38.8 Å². The molecular weight excluding hydrogens is 270 g/mol. The van der Waals surface area contributed by atoms with Crippen LogP contribution in [0.4, 0.5) is 11.5 Å². The monoisotopic (exact) mass is 295 g/mol. The lowest BCUT2D eigenvalue weighted by Gasteiger charge is -2.28. The molecule has 0 radical (unpaired) electrons. The van der Waals surface area contributed by atoms with E-state index in [4.69, 9.17) is 0 Å². The van der Waals surface area contributed by atoms with E-state index in [1.807, 2.05) is 14.0 Å². The van der Waals surface area contributed by atoms with Crippen LogP contribution >= 0.6 is 0 Å². The number of anilines is 1. The van der Waals surface area contributed by atoms with Crippen LogP contribution in [-0.2, 0) is 13.5 Å². The van der Waals surface area contributed by atoms with E-state index in [1.165, 1.54) is 0 Å². The van der Waals surface area contributed by atoms with Gasteiger partial charge in [-0.3, -0.25) is 10.1 Å². The second-order valence-electron chi connectivity index (χ2n) is 5.70. The summed E-state index contributed by atoms with van der Waals surface area (Å²) < 4.78 is 1.67. The van der Waals surface area contributed by atoms with Gasteiger partial charge in [0.15, 0.2) is 0 Å². The van der Waals surface area contributed by atoms with Crippen LogP contribution in [-0.4, -0.2) is 40.9 Å². The van der Waals surface area contributed by atoms with E-state index < -0.39 is 0 Å². The zero-order valence-corrected chi connectivity index (χ0v) is 13.1. The molecule has 1 aliphatic rings. The van der Waals surface area contributed by atoms with Crippen LogP contribution in [0.3, 0.4) is 0 Å². The molecule has 1 aromatic heterocycles. The van der Waals surface area contributed by atoms with Crippen molar-refractivity contribution in [2.45, 2.75) is 45.1 Å². The minimum Gasteiger partial charge on any atom is -0.351 e. The van der Waals surface area contributed by atoms with Crippen molar-refractivity contribution in [1.29, 1.82) is 0 Å². The highest BCUT2D eigenvalue weighted by molar-refractivity contribution is 5.61. The predicted octanol–water partition coefficient (Wildman–Crippen LogP) is 1.86. The smallest absolute Gasteiger partial charge is 0.334 e. The van der Waals surface area contributed by atoms with Crippen LogP contribution in [0.25, 0.3) is 0 Å². The third-order valence-electron chi connectivity index (χ3n) is 4.16. The molecular formula is C14H25N5O2. The Bertz CT molecular complexity index is 492. The molecule has 118 valence electrons. The molecule has 0 bridgehead atoms. The highest BCUT2D eigenvalue weighted by atomic mass is 16.6. The molecule has 1 aliphatic heterocycles. The van der Waals surface area contributed by atoms with Crippen molar-refractivity contribution in [1.82, 2.24) is 15.1 Å². The lowest BCUT2D eigenvalue weighted by molar-refractivity contribution is -0.384. The van der Waals surface area contributed by atoms with Crippen molar-refractivity contribution in [3.63, 3.8) is 0 Å². The third-order valence-corrected chi connectivity index (χ3v) is 4.16. The molecule has 1 aromatic rings. The van der Waals surface area contributed by atoms with Crippen LogP contribution in [0.2, 0.25) is 0 Å². The van der Waals surface area contributed by atoms with Gasteiger partial charge in [0.25, 0.3) is 0 Å². The van der Waals surface area contributed by atoms with Crippen molar-refractivity contribution in [3.05, 3.63) is 15.8 Å². The van der Waals surface area contributed by atoms with Crippen LogP contribution in [0.1, 0.15) is 38.3 Å². The van der Waals surface area contributed by atoms with Gasteiger partial charge < -0.3 is 10.2 Å². The second kappa shape index (κ2) is 6.89. The summed E-state index contributed by atoms with van der Waals surface area (Å²) >= 11 is 0. The van der Waals surface area contributed by atoms with Gasteiger partial charge in [-0.2, -0.15) is 5.10 Å². The van der Waals surface area contributed by atoms with Gasteiger partial charge in [-0.25, -0.2) is 4.68 Å². The molecule has 1 saturated heterocycles. The quantitative estimate of drug-likeness (QED) is 0.663. The van der Waals surface area contributed by atoms with E-state index in [0.717, 1.165) is 38.8 Å². The van der Waals surface area contributed by atoms with Gasteiger partial charge in [0.05, 0.1) is 4.92 Å².